The van der Waals surface area contributed by atoms with Gasteiger partial charge in [0.25, 0.3) is 5.91 Å². The topological polar surface area (TPSA) is 56.1 Å². The maximum atomic E-state index is 12.3. The van der Waals surface area contributed by atoms with E-state index in [1.165, 1.54) is 5.56 Å². The first-order chi connectivity index (χ1) is 12.1. The molecule has 1 N–H and O–H groups in total. The predicted octanol–water partition coefficient (Wildman–Crippen LogP) is 3.30. The molecule has 0 spiro atoms. The van der Waals surface area contributed by atoms with E-state index in [1.54, 1.807) is 10.7 Å². The van der Waals surface area contributed by atoms with Gasteiger partial charge in [0.2, 0.25) is 0 Å². The molecule has 25 heavy (non-hydrogen) atoms. The summed E-state index contributed by atoms with van der Waals surface area (Å²) in [6.45, 7) is 4.79. The van der Waals surface area contributed by atoms with Gasteiger partial charge in [-0.2, -0.15) is 5.10 Å². The molecule has 5 nitrogen and oxygen atoms in total. The second kappa shape index (κ2) is 7.66. The van der Waals surface area contributed by atoms with E-state index in [4.69, 9.17) is 4.74 Å². The number of rotatable bonds is 6. The van der Waals surface area contributed by atoms with E-state index in [2.05, 4.69) is 10.4 Å². The highest BCUT2D eigenvalue weighted by atomic mass is 16.5. The molecule has 128 valence electrons. The molecule has 0 saturated carbocycles. The van der Waals surface area contributed by atoms with Gasteiger partial charge in [-0.05, 0) is 44.2 Å². The largest absolute Gasteiger partial charge is 0.492 e. The molecule has 0 aliphatic rings. The Kier molecular flexibility index (Phi) is 5.14. The molecule has 1 amide bonds. The minimum atomic E-state index is -0.203. The fourth-order valence-corrected chi connectivity index (χ4v) is 2.47. The molecule has 0 atom stereocenters. The van der Waals surface area contributed by atoms with Crippen LogP contribution >= 0.6 is 0 Å². The maximum absolute atomic E-state index is 12.3. The van der Waals surface area contributed by atoms with Crippen molar-refractivity contribution in [1.29, 1.82) is 0 Å². The Balaban J connectivity index is 1.54. The second-order valence-electron chi connectivity index (χ2n) is 5.84. The number of hydrogen-bond acceptors (Lipinski definition) is 3. The number of hydrogen-bond donors (Lipinski definition) is 1. The van der Waals surface area contributed by atoms with E-state index in [9.17, 15) is 4.79 Å². The lowest BCUT2D eigenvalue weighted by molar-refractivity contribution is 0.0941. The van der Waals surface area contributed by atoms with Crippen molar-refractivity contribution in [2.45, 2.75) is 13.8 Å². The number of aromatic nitrogens is 2. The quantitative estimate of drug-likeness (QED) is 0.703. The van der Waals surface area contributed by atoms with Gasteiger partial charge in [-0.1, -0.05) is 35.9 Å². The number of carbonyl (C=O) groups excluding carboxylic acids is 1. The Hall–Kier alpha value is -3.08. The van der Waals surface area contributed by atoms with E-state index in [0.29, 0.717) is 18.8 Å². The average molecular weight is 335 g/mol. The smallest absolute Gasteiger partial charge is 0.271 e. The predicted molar refractivity (Wildman–Crippen MR) is 97.3 cm³/mol. The number of benzene rings is 2. The van der Waals surface area contributed by atoms with Gasteiger partial charge in [0.05, 0.1) is 12.2 Å². The molecule has 0 fully saturated rings. The van der Waals surface area contributed by atoms with Crippen LogP contribution in [0.5, 0.6) is 5.75 Å². The number of nitrogens with one attached hydrogen (secondary N) is 1. The van der Waals surface area contributed by atoms with Crippen LogP contribution in [0.25, 0.3) is 5.69 Å². The van der Waals surface area contributed by atoms with Crippen LogP contribution in [0.2, 0.25) is 0 Å². The van der Waals surface area contributed by atoms with Gasteiger partial charge in [-0.15, -0.1) is 0 Å². The summed E-state index contributed by atoms with van der Waals surface area (Å²) in [6.07, 6.45) is 0. The van der Waals surface area contributed by atoms with E-state index in [-0.39, 0.29) is 5.91 Å². The summed E-state index contributed by atoms with van der Waals surface area (Å²) in [5.41, 5.74) is 3.43. The van der Waals surface area contributed by atoms with Gasteiger partial charge >= 0.3 is 0 Å². The lowest BCUT2D eigenvalue weighted by Crippen LogP contribution is -2.28. The molecule has 3 aromatic rings. The third kappa shape index (κ3) is 4.26. The third-order valence-electron chi connectivity index (χ3n) is 3.80. The average Bonchev–Trinajstić information content (AvgIpc) is 3.03. The number of para-hydroxylation sites is 1. The number of ether oxygens (including phenoxy) is 1. The Morgan fingerprint density at radius 3 is 2.52 bits per heavy atom. The molecule has 1 heterocycles. The second-order valence-corrected chi connectivity index (χ2v) is 5.84. The van der Waals surface area contributed by atoms with Gasteiger partial charge < -0.3 is 10.1 Å². The lowest BCUT2D eigenvalue weighted by atomic mass is 10.2. The van der Waals surface area contributed by atoms with E-state index in [0.717, 1.165) is 17.1 Å². The molecular weight excluding hydrogens is 314 g/mol. The number of amides is 1. The minimum Gasteiger partial charge on any atom is -0.492 e. The molecule has 2 aromatic carbocycles. The van der Waals surface area contributed by atoms with Crippen molar-refractivity contribution in [3.8, 4) is 11.4 Å². The minimum absolute atomic E-state index is 0.203. The normalized spacial score (nSPS) is 10.5. The summed E-state index contributed by atoms with van der Waals surface area (Å²) in [5.74, 6) is 0.592. The van der Waals surface area contributed by atoms with Crippen LogP contribution in [-0.4, -0.2) is 28.8 Å². The molecule has 0 bridgehead atoms. The van der Waals surface area contributed by atoms with Crippen LogP contribution in [-0.2, 0) is 0 Å². The molecule has 5 heteroatoms. The van der Waals surface area contributed by atoms with Crippen molar-refractivity contribution in [1.82, 2.24) is 15.1 Å². The van der Waals surface area contributed by atoms with Gasteiger partial charge in [-0.25, -0.2) is 4.68 Å². The Bertz CT molecular complexity index is 839. The fraction of sp³-hybridized carbons (Fsp3) is 0.200. The van der Waals surface area contributed by atoms with Crippen LogP contribution in [0.3, 0.4) is 0 Å². The van der Waals surface area contributed by atoms with E-state index >= 15 is 0 Å². The highest BCUT2D eigenvalue weighted by molar-refractivity contribution is 5.92. The Labute approximate surface area is 147 Å². The maximum Gasteiger partial charge on any atom is 0.271 e. The van der Waals surface area contributed by atoms with Gasteiger partial charge in [0.15, 0.2) is 5.69 Å². The van der Waals surface area contributed by atoms with Crippen molar-refractivity contribution in [2.75, 3.05) is 13.2 Å². The van der Waals surface area contributed by atoms with Crippen molar-refractivity contribution in [3.05, 3.63) is 77.6 Å². The summed E-state index contributed by atoms with van der Waals surface area (Å²) >= 11 is 0. The molecule has 3 rings (SSSR count). The molecule has 0 saturated heterocycles. The number of nitrogens with zero attached hydrogens (tertiary/aromatic N) is 2. The number of aryl methyl sites for hydroxylation is 2. The standard InChI is InChI=1S/C20H21N3O2/c1-15-8-10-18(11-9-15)25-13-12-21-20(24)19-14-16(2)23(22-19)17-6-4-3-5-7-17/h3-11,14H,12-13H2,1-2H3,(H,21,24). The van der Waals surface area contributed by atoms with Gasteiger partial charge in [0, 0.05) is 5.69 Å². The van der Waals surface area contributed by atoms with Crippen LogP contribution in [0.1, 0.15) is 21.7 Å². The first-order valence-electron chi connectivity index (χ1n) is 8.23. The summed E-state index contributed by atoms with van der Waals surface area (Å²) in [5, 5.41) is 7.22. The number of carbonyl (C=O) groups is 1. The van der Waals surface area contributed by atoms with Crippen LogP contribution in [0, 0.1) is 13.8 Å². The summed E-state index contributed by atoms with van der Waals surface area (Å²) in [4.78, 5) is 12.3. The Morgan fingerprint density at radius 1 is 1.08 bits per heavy atom. The molecule has 0 radical (unpaired) electrons. The van der Waals surface area contributed by atoms with Crippen molar-refractivity contribution in [3.63, 3.8) is 0 Å². The van der Waals surface area contributed by atoms with Crippen molar-refractivity contribution >= 4 is 5.91 Å². The van der Waals surface area contributed by atoms with Crippen LogP contribution < -0.4 is 10.1 Å². The molecule has 0 aliphatic carbocycles. The van der Waals surface area contributed by atoms with Gasteiger partial charge in [-0.3, -0.25) is 4.79 Å². The zero-order chi connectivity index (χ0) is 17.6. The summed E-state index contributed by atoms with van der Waals surface area (Å²) < 4.78 is 7.37. The van der Waals surface area contributed by atoms with Crippen molar-refractivity contribution < 1.29 is 9.53 Å². The van der Waals surface area contributed by atoms with Gasteiger partial charge in [0.1, 0.15) is 12.4 Å². The van der Waals surface area contributed by atoms with Crippen LogP contribution in [0.15, 0.2) is 60.7 Å². The molecule has 0 aliphatic heterocycles. The zero-order valence-corrected chi connectivity index (χ0v) is 14.4. The lowest BCUT2D eigenvalue weighted by Gasteiger charge is -2.07. The monoisotopic (exact) mass is 335 g/mol. The van der Waals surface area contributed by atoms with Crippen LogP contribution in [0.4, 0.5) is 0 Å². The van der Waals surface area contributed by atoms with E-state index in [1.807, 2.05) is 68.4 Å². The van der Waals surface area contributed by atoms with E-state index < -0.39 is 0 Å². The highest BCUT2D eigenvalue weighted by Gasteiger charge is 2.12. The fourth-order valence-electron chi connectivity index (χ4n) is 2.47. The SMILES string of the molecule is Cc1ccc(OCCNC(=O)c2cc(C)n(-c3ccccc3)n2)cc1. The van der Waals surface area contributed by atoms with Crippen molar-refractivity contribution in [2.24, 2.45) is 0 Å². The zero-order valence-electron chi connectivity index (χ0n) is 14.4. The summed E-state index contributed by atoms with van der Waals surface area (Å²) in [7, 11) is 0. The molecule has 0 unspecified atom stereocenters. The third-order valence-corrected chi connectivity index (χ3v) is 3.80. The Morgan fingerprint density at radius 2 is 1.80 bits per heavy atom. The molecular formula is C20H21N3O2. The first-order valence-corrected chi connectivity index (χ1v) is 8.23. The highest BCUT2D eigenvalue weighted by Crippen LogP contribution is 2.12. The summed E-state index contributed by atoms with van der Waals surface area (Å²) in [6, 6.07) is 19.3. The molecule has 1 aromatic heterocycles. The first kappa shape index (κ1) is 16.8.